The van der Waals surface area contributed by atoms with Crippen LogP contribution >= 0.6 is 7.60 Å². The zero-order valence-electron chi connectivity index (χ0n) is 21.7. The van der Waals surface area contributed by atoms with Crippen molar-refractivity contribution in [3.63, 3.8) is 0 Å². The molecule has 32 heavy (non-hydrogen) atoms. The Morgan fingerprint density at radius 1 is 0.688 bits per heavy atom. The van der Waals surface area contributed by atoms with Gasteiger partial charge in [-0.1, -0.05) is 103 Å². The van der Waals surface area contributed by atoms with E-state index in [-0.39, 0.29) is 13.0 Å². The lowest BCUT2D eigenvalue weighted by atomic mass is 10.0. The number of nitrogens with zero attached hydrogens (tertiary/aromatic N) is 1. The van der Waals surface area contributed by atoms with Crippen LogP contribution in [-0.4, -0.2) is 52.4 Å². The largest absolute Gasteiger partial charge is 0.373 e. The van der Waals surface area contributed by atoms with Crippen LogP contribution in [0.25, 0.3) is 0 Å². The first kappa shape index (κ1) is 31.8. The Kier molecular flexibility index (Phi) is 18.1. The Labute approximate surface area is 199 Å². The second kappa shape index (κ2) is 18.2. The van der Waals surface area contributed by atoms with Gasteiger partial charge in [0.1, 0.15) is 6.54 Å². The van der Waals surface area contributed by atoms with Gasteiger partial charge in [0.2, 0.25) is 5.34 Å². The van der Waals surface area contributed by atoms with Crippen LogP contribution in [0.4, 0.5) is 0 Å². The summed E-state index contributed by atoms with van der Waals surface area (Å²) in [5.74, 6) is 0. The molecule has 0 aromatic carbocycles. The molecule has 0 heterocycles. The lowest BCUT2D eigenvalue weighted by molar-refractivity contribution is -0.875. The van der Waals surface area contributed by atoms with Crippen LogP contribution in [0, 0.1) is 0 Å². The minimum Gasteiger partial charge on any atom is -0.373 e. The Hall–Kier alpha value is -0.190. The fraction of sp³-hybridized carbons (Fsp3) is 0.923. The molecule has 0 aromatic rings. The number of hydrogen-bond donors (Lipinski definition) is 3. The van der Waals surface area contributed by atoms with Crippen molar-refractivity contribution in [1.29, 1.82) is 0 Å². The van der Waals surface area contributed by atoms with E-state index in [0.29, 0.717) is 10.9 Å². The zero-order chi connectivity index (χ0) is 24.3. The summed E-state index contributed by atoms with van der Waals surface area (Å²) in [6.07, 6.45) is 25.9. The molecule has 0 aliphatic heterocycles. The Bertz CT molecular complexity index is 512. The average Bonchev–Trinajstić information content (AvgIpc) is 2.67. The van der Waals surface area contributed by atoms with E-state index >= 15 is 0 Å². The minimum absolute atomic E-state index is 0.0634. The third kappa shape index (κ3) is 18.3. The molecular formula is C26H55NO4P+. The SMILES string of the molecule is CC/C=C\CCCCCCCCCCCCCCCCCC(O)(C[N+](C)(C)C)P(=O)(O)O. The summed E-state index contributed by atoms with van der Waals surface area (Å²) in [6, 6.07) is 0. The maximum Gasteiger partial charge on any atom is 0.362 e. The van der Waals surface area contributed by atoms with Gasteiger partial charge in [-0.2, -0.15) is 0 Å². The molecule has 0 aromatic heterocycles. The highest BCUT2D eigenvalue weighted by molar-refractivity contribution is 7.53. The van der Waals surface area contributed by atoms with Crippen molar-refractivity contribution in [2.24, 2.45) is 0 Å². The second-order valence-electron chi connectivity index (χ2n) is 10.7. The molecule has 6 heteroatoms. The van der Waals surface area contributed by atoms with Crippen LogP contribution < -0.4 is 0 Å². The summed E-state index contributed by atoms with van der Waals surface area (Å²) in [4.78, 5) is 19.2. The predicted molar refractivity (Wildman–Crippen MR) is 138 cm³/mol. The van der Waals surface area contributed by atoms with E-state index in [2.05, 4.69) is 19.1 Å². The molecular weight excluding hydrogens is 421 g/mol. The fourth-order valence-corrected chi connectivity index (χ4v) is 5.39. The second-order valence-corrected chi connectivity index (χ2v) is 12.6. The molecule has 0 amide bonds. The number of rotatable bonds is 22. The number of hydrogen-bond acceptors (Lipinski definition) is 2. The highest BCUT2D eigenvalue weighted by Gasteiger charge is 2.48. The molecule has 0 saturated heterocycles. The molecule has 3 N–H and O–H groups in total. The molecule has 0 rings (SSSR count). The van der Waals surface area contributed by atoms with Gasteiger partial charge in [0.25, 0.3) is 0 Å². The van der Waals surface area contributed by atoms with Crippen molar-refractivity contribution in [3.05, 3.63) is 12.2 Å². The van der Waals surface area contributed by atoms with Crippen molar-refractivity contribution in [2.45, 2.75) is 128 Å². The third-order valence-corrected chi connectivity index (χ3v) is 7.57. The van der Waals surface area contributed by atoms with E-state index in [9.17, 15) is 19.5 Å². The summed E-state index contributed by atoms with van der Waals surface area (Å²) < 4.78 is 12.1. The number of aliphatic hydroxyl groups is 1. The van der Waals surface area contributed by atoms with Gasteiger partial charge < -0.3 is 19.4 Å². The van der Waals surface area contributed by atoms with Crippen LogP contribution in [0.15, 0.2) is 12.2 Å². The molecule has 0 fully saturated rings. The van der Waals surface area contributed by atoms with Crippen LogP contribution in [0.5, 0.6) is 0 Å². The topological polar surface area (TPSA) is 77.8 Å². The first-order valence-electron chi connectivity index (χ1n) is 13.3. The third-order valence-electron chi connectivity index (χ3n) is 6.12. The van der Waals surface area contributed by atoms with Crippen molar-refractivity contribution >= 4 is 7.60 Å². The van der Waals surface area contributed by atoms with Crippen molar-refractivity contribution in [1.82, 2.24) is 0 Å². The van der Waals surface area contributed by atoms with Gasteiger partial charge in [0.05, 0.1) is 21.1 Å². The fourth-order valence-electron chi connectivity index (χ4n) is 4.33. The van der Waals surface area contributed by atoms with E-state index in [1.54, 1.807) is 0 Å². The van der Waals surface area contributed by atoms with Gasteiger partial charge >= 0.3 is 7.60 Å². The molecule has 5 nitrogen and oxygen atoms in total. The van der Waals surface area contributed by atoms with Crippen LogP contribution in [-0.2, 0) is 4.57 Å². The van der Waals surface area contributed by atoms with Gasteiger partial charge in [-0.15, -0.1) is 0 Å². The summed E-state index contributed by atoms with van der Waals surface area (Å²) in [5.41, 5.74) is 0. The Morgan fingerprint density at radius 2 is 1.06 bits per heavy atom. The van der Waals surface area contributed by atoms with Crippen LogP contribution in [0.1, 0.15) is 122 Å². The van der Waals surface area contributed by atoms with E-state index in [1.165, 1.54) is 83.5 Å². The quantitative estimate of drug-likeness (QED) is 0.0670. The maximum absolute atomic E-state index is 11.8. The number of allylic oxidation sites excluding steroid dienone is 2. The molecule has 1 atom stereocenters. The molecule has 0 saturated carbocycles. The van der Waals surface area contributed by atoms with Gasteiger partial charge in [-0.05, 0) is 32.1 Å². The summed E-state index contributed by atoms with van der Waals surface area (Å²) in [5, 5.41) is 8.64. The summed E-state index contributed by atoms with van der Waals surface area (Å²) >= 11 is 0. The monoisotopic (exact) mass is 476 g/mol. The smallest absolute Gasteiger partial charge is 0.362 e. The molecule has 0 radical (unpaired) electrons. The first-order valence-corrected chi connectivity index (χ1v) is 14.9. The van der Waals surface area contributed by atoms with Crippen LogP contribution in [0.3, 0.4) is 0 Å². The highest BCUT2D eigenvalue weighted by atomic mass is 31.2. The summed E-state index contributed by atoms with van der Waals surface area (Å²) in [7, 11) is 0.987. The standard InChI is InChI=1S/C26H54NO4P/c1-5-6-7-8-9-10-11-12-13-14-15-16-17-18-19-20-21-22-23-24-26(28,32(29,30)31)25-27(2,3)4/h6-7,28H,5,8-25H2,1-4H3,(H-,29,30,31)/p+1/b7-6-. The molecule has 0 aliphatic rings. The Morgan fingerprint density at radius 3 is 1.41 bits per heavy atom. The predicted octanol–water partition coefficient (Wildman–Crippen LogP) is 7.16. The number of unbranched alkanes of at least 4 members (excludes halogenated alkanes) is 15. The maximum atomic E-state index is 11.8. The van der Waals surface area contributed by atoms with Crippen molar-refractivity contribution < 1.29 is 23.9 Å². The number of quaternary nitrogens is 1. The van der Waals surface area contributed by atoms with Crippen molar-refractivity contribution in [3.8, 4) is 0 Å². The minimum atomic E-state index is -4.54. The van der Waals surface area contributed by atoms with Gasteiger partial charge in [-0.25, -0.2) is 0 Å². The number of likely N-dealkylation sites (N-methyl/N-ethyl adjacent to an activating group) is 1. The van der Waals surface area contributed by atoms with Gasteiger partial charge in [0, 0.05) is 0 Å². The average molecular weight is 477 g/mol. The molecule has 0 bridgehead atoms. The summed E-state index contributed by atoms with van der Waals surface area (Å²) in [6.45, 7) is 2.25. The van der Waals surface area contributed by atoms with E-state index in [4.69, 9.17) is 0 Å². The van der Waals surface area contributed by atoms with Crippen molar-refractivity contribution in [2.75, 3.05) is 27.7 Å². The van der Waals surface area contributed by atoms with E-state index in [0.717, 1.165) is 19.3 Å². The van der Waals surface area contributed by atoms with Gasteiger partial charge in [-0.3, -0.25) is 4.57 Å². The molecule has 192 valence electrons. The van der Waals surface area contributed by atoms with E-state index in [1.807, 2.05) is 21.1 Å². The molecule has 1 unspecified atom stereocenters. The normalized spacial score (nSPS) is 14.8. The first-order chi connectivity index (χ1) is 15.0. The molecule has 0 spiro atoms. The highest BCUT2D eigenvalue weighted by Crippen LogP contribution is 2.52. The lowest BCUT2D eigenvalue weighted by Gasteiger charge is -2.35. The molecule has 0 aliphatic carbocycles. The van der Waals surface area contributed by atoms with E-state index < -0.39 is 12.9 Å². The zero-order valence-corrected chi connectivity index (χ0v) is 22.6. The lowest BCUT2D eigenvalue weighted by Crippen LogP contribution is -2.49. The Balaban J connectivity index is 3.54. The van der Waals surface area contributed by atoms with Crippen LogP contribution in [0.2, 0.25) is 0 Å². The van der Waals surface area contributed by atoms with Gasteiger partial charge in [0.15, 0.2) is 0 Å².